The highest BCUT2D eigenvalue weighted by Crippen LogP contribution is 2.34. The molecule has 0 spiro atoms. The van der Waals surface area contributed by atoms with Crippen LogP contribution in [-0.4, -0.2) is 25.0 Å². The summed E-state index contributed by atoms with van der Waals surface area (Å²) in [6.07, 6.45) is 0. The Kier molecular flexibility index (Phi) is 6.36. The van der Waals surface area contributed by atoms with Crippen LogP contribution in [0.15, 0.2) is 23.1 Å². The Hall–Kier alpha value is -1.02. The van der Waals surface area contributed by atoms with Gasteiger partial charge in [-0.3, -0.25) is 0 Å². The maximum absolute atomic E-state index is 9.25. The lowest BCUT2D eigenvalue weighted by molar-refractivity contribution is 0.199. The van der Waals surface area contributed by atoms with Crippen LogP contribution in [0.25, 0.3) is 0 Å². The Balaban J connectivity index is 2.71. The van der Waals surface area contributed by atoms with Gasteiger partial charge in [0.15, 0.2) is 0 Å². The van der Waals surface area contributed by atoms with E-state index in [9.17, 15) is 5.26 Å². The van der Waals surface area contributed by atoms with E-state index in [4.69, 9.17) is 4.74 Å². The Morgan fingerprint density at radius 3 is 2.68 bits per heavy atom. The van der Waals surface area contributed by atoms with Crippen LogP contribution in [0.2, 0.25) is 0 Å². The number of nitrogens with one attached hydrogen (secondary N) is 1. The molecule has 0 amide bonds. The smallest absolute Gasteiger partial charge is 0.100 e. The van der Waals surface area contributed by atoms with Gasteiger partial charge in [0.25, 0.3) is 0 Å². The standard InChI is InChI=1S/C15H22N2OS/c1-15(2,3)19-14-6-5-12(9-13(14)10-16)11-17-7-8-18-4/h5-6,9,17H,7-8,11H2,1-4H3. The molecule has 0 aliphatic rings. The molecule has 0 aliphatic carbocycles. The highest BCUT2D eigenvalue weighted by molar-refractivity contribution is 8.00. The van der Waals surface area contributed by atoms with Gasteiger partial charge in [0.2, 0.25) is 0 Å². The van der Waals surface area contributed by atoms with Crippen molar-refractivity contribution in [2.75, 3.05) is 20.3 Å². The largest absolute Gasteiger partial charge is 0.383 e. The summed E-state index contributed by atoms with van der Waals surface area (Å²) in [5, 5.41) is 12.5. The minimum atomic E-state index is 0.115. The lowest BCUT2D eigenvalue weighted by Gasteiger charge is -2.18. The molecule has 0 aromatic heterocycles. The van der Waals surface area contributed by atoms with Crippen molar-refractivity contribution in [3.63, 3.8) is 0 Å². The number of rotatable bonds is 6. The molecule has 0 saturated heterocycles. The van der Waals surface area contributed by atoms with Crippen molar-refractivity contribution in [2.24, 2.45) is 0 Å². The third kappa shape index (κ3) is 6.11. The number of hydrogen-bond acceptors (Lipinski definition) is 4. The highest BCUT2D eigenvalue weighted by Gasteiger charge is 2.15. The van der Waals surface area contributed by atoms with Gasteiger partial charge in [-0.15, -0.1) is 11.8 Å². The average molecular weight is 278 g/mol. The summed E-state index contributed by atoms with van der Waals surface area (Å²) in [6.45, 7) is 8.73. The molecule has 3 nitrogen and oxygen atoms in total. The Morgan fingerprint density at radius 1 is 1.37 bits per heavy atom. The molecular formula is C15H22N2OS. The fourth-order valence-corrected chi connectivity index (χ4v) is 2.61. The second-order valence-corrected chi connectivity index (χ2v) is 7.20. The first kappa shape index (κ1) is 16.0. The van der Waals surface area contributed by atoms with E-state index >= 15 is 0 Å². The highest BCUT2D eigenvalue weighted by atomic mass is 32.2. The summed E-state index contributed by atoms with van der Waals surface area (Å²) in [5.41, 5.74) is 1.89. The molecule has 0 radical (unpaired) electrons. The van der Waals surface area contributed by atoms with Crippen molar-refractivity contribution in [1.29, 1.82) is 5.26 Å². The zero-order valence-electron chi connectivity index (χ0n) is 12.1. The zero-order chi connectivity index (χ0) is 14.3. The first-order valence-electron chi connectivity index (χ1n) is 6.38. The molecule has 0 atom stereocenters. The first-order valence-corrected chi connectivity index (χ1v) is 7.19. The number of nitrogens with zero attached hydrogens (tertiary/aromatic N) is 1. The molecule has 1 rings (SSSR count). The number of benzene rings is 1. The molecule has 0 aliphatic heterocycles. The summed E-state index contributed by atoms with van der Waals surface area (Å²) < 4.78 is 5.10. The van der Waals surface area contributed by atoms with Gasteiger partial charge < -0.3 is 10.1 Å². The van der Waals surface area contributed by atoms with Gasteiger partial charge in [-0.2, -0.15) is 5.26 Å². The molecule has 0 unspecified atom stereocenters. The van der Waals surface area contributed by atoms with Gasteiger partial charge in [0.05, 0.1) is 12.2 Å². The van der Waals surface area contributed by atoms with E-state index in [0.717, 1.165) is 29.1 Å². The number of nitriles is 1. The summed E-state index contributed by atoms with van der Waals surface area (Å²) in [4.78, 5) is 1.05. The molecule has 1 N–H and O–H groups in total. The number of ether oxygens (including phenoxy) is 1. The van der Waals surface area contributed by atoms with E-state index < -0.39 is 0 Å². The predicted molar refractivity (Wildman–Crippen MR) is 80.3 cm³/mol. The molecule has 4 heteroatoms. The molecule has 104 valence electrons. The lowest BCUT2D eigenvalue weighted by Crippen LogP contribution is -2.18. The zero-order valence-corrected chi connectivity index (χ0v) is 12.9. The van der Waals surface area contributed by atoms with Crippen molar-refractivity contribution in [3.8, 4) is 6.07 Å². The van der Waals surface area contributed by atoms with E-state index in [2.05, 4.69) is 38.2 Å². The normalized spacial score (nSPS) is 11.3. The summed E-state index contributed by atoms with van der Waals surface area (Å²) in [5.74, 6) is 0. The molecular weight excluding hydrogens is 256 g/mol. The predicted octanol–water partition coefficient (Wildman–Crippen LogP) is 3.18. The fourth-order valence-electron chi connectivity index (χ4n) is 1.60. The average Bonchev–Trinajstić information content (AvgIpc) is 2.34. The summed E-state index contributed by atoms with van der Waals surface area (Å²) >= 11 is 1.73. The fraction of sp³-hybridized carbons (Fsp3) is 0.533. The topological polar surface area (TPSA) is 45.0 Å². The van der Waals surface area contributed by atoms with Crippen molar-refractivity contribution in [2.45, 2.75) is 37.0 Å². The number of thioether (sulfide) groups is 1. The van der Waals surface area contributed by atoms with Crippen LogP contribution in [0.3, 0.4) is 0 Å². The molecule has 1 aromatic rings. The van der Waals surface area contributed by atoms with Gasteiger partial charge in [0, 0.05) is 29.8 Å². The maximum Gasteiger partial charge on any atom is 0.100 e. The van der Waals surface area contributed by atoms with Crippen LogP contribution in [-0.2, 0) is 11.3 Å². The second kappa shape index (κ2) is 7.54. The van der Waals surface area contributed by atoms with Crippen LogP contribution < -0.4 is 5.32 Å². The van der Waals surface area contributed by atoms with Crippen LogP contribution >= 0.6 is 11.8 Å². The van der Waals surface area contributed by atoms with Crippen LogP contribution in [0.5, 0.6) is 0 Å². The van der Waals surface area contributed by atoms with E-state index in [1.165, 1.54) is 0 Å². The summed E-state index contributed by atoms with van der Waals surface area (Å²) in [6, 6.07) is 8.37. The minimum absolute atomic E-state index is 0.115. The Morgan fingerprint density at radius 2 is 2.11 bits per heavy atom. The van der Waals surface area contributed by atoms with Gasteiger partial charge in [-0.25, -0.2) is 0 Å². The molecule has 0 bridgehead atoms. The van der Waals surface area contributed by atoms with Gasteiger partial charge in [0.1, 0.15) is 6.07 Å². The molecule has 0 heterocycles. The maximum atomic E-state index is 9.25. The van der Waals surface area contributed by atoms with E-state index in [1.54, 1.807) is 18.9 Å². The third-order valence-electron chi connectivity index (χ3n) is 2.39. The second-order valence-electron chi connectivity index (χ2n) is 5.33. The van der Waals surface area contributed by atoms with Crippen molar-refractivity contribution >= 4 is 11.8 Å². The quantitative estimate of drug-likeness (QED) is 0.641. The SMILES string of the molecule is COCCNCc1ccc(SC(C)(C)C)c(C#N)c1. The van der Waals surface area contributed by atoms with Crippen LogP contribution in [0, 0.1) is 11.3 Å². The monoisotopic (exact) mass is 278 g/mol. The molecule has 1 aromatic carbocycles. The van der Waals surface area contributed by atoms with Gasteiger partial charge in [-0.05, 0) is 17.7 Å². The van der Waals surface area contributed by atoms with Crippen molar-refractivity contribution in [3.05, 3.63) is 29.3 Å². The first-order chi connectivity index (χ1) is 8.96. The van der Waals surface area contributed by atoms with Crippen LogP contribution in [0.4, 0.5) is 0 Å². The van der Waals surface area contributed by atoms with E-state index in [1.807, 2.05) is 12.1 Å². The van der Waals surface area contributed by atoms with Gasteiger partial charge in [-0.1, -0.05) is 26.8 Å². The number of methoxy groups -OCH3 is 1. The van der Waals surface area contributed by atoms with E-state index in [0.29, 0.717) is 6.61 Å². The lowest BCUT2D eigenvalue weighted by atomic mass is 10.1. The third-order valence-corrected chi connectivity index (χ3v) is 3.58. The van der Waals surface area contributed by atoms with Crippen molar-refractivity contribution < 1.29 is 4.74 Å². The summed E-state index contributed by atoms with van der Waals surface area (Å²) in [7, 11) is 1.69. The Bertz CT molecular complexity index is 446. The van der Waals surface area contributed by atoms with Crippen LogP contribution in [0.1, 0.15) is 31.9 Å². The Labute approximate surface area is 120 Å². The molecule has 19 heavy (non-hydrogen) atoms. The molecule has 0 saturated carbocycles. The minimum Gasteiger partial charge on any atom is -0.383 e. The number of hydrogen-bond donors (Lipinski definition) is 1. The van der Waals surface area contributed by atoms with E-state index in [-0.39, 0.29) is 4.75 Å². The molecule has 0 fully saturated rings. The van der Waals surface area contributed by atoms with Gasteiger partial charge >= 0.3 is 0 Å². The van der Waals surface area contributed by atoms with Crippen molar-refractivity contribution in [1.82, 2.24) is 5.32 Å².